The van der Waals surface area contributed by atoms with E-state index in [2.05, 4.69) is 0 Å². The van der Waals surface area contributed by atoms with Crippen molar-refractivity contribution in [3.8, 4) is 0 Å². The number of hydrogen-bond acceptors (Lipinski definition) is 2. The molecule has 0 unspecified atom stereocenters. The van der Waals surface area contributed by atoms with E-state index in [1.165, 1.54) is 12.1 Å². The number of nitrogens with zero attached hydrogens (tertiary/aromatic N) is 1. The van der Waals surface area contributed by atoms with Gasteiger partial charge < -0.3 is 4.90 Å². The Morgan fingerprint density at radius 3 is 2.50 bits per heavy atom. The zero-order valence-corrected chi connectivity index (χ0v) is 11.8. The number of rotatable bonds is 5. The SMILES string of the molecule is CCC(=O)c1ccccc1N(CC)c1cccc(F)c1. The first kappa shape index (κ1) is 14.3. The van der Waals surface area contributed by atoms with Gasteiger partial charge in [0.05, 0.1) is 5.69 Å². The summed E-state index contributed by atoms with van der Waals surface area (Å²) < 4.78 is 13.4. The molecule has 0 aromatic heterocycles. The first-order chi connectivity index (χ1) is 9.67. The molecule has 2 aromatic carbocycles. The standard InChI is InChI=1S/C17H18FNO/c1-3-17(20)15-10-5-6-11-16(15)19(4-2)14-9-7-8-13(18)12-14/h5-12H,3-4H2,1-2H3. The smallest absolute Gasteiger partial charge is 0.164 e. The summed E-state index contributed by atoms with van der Waals surface area (Å²) in [6.07, 6.45) is 0.456. The van der Waals surface area contributed by atoms with Crippen LogP contribution in [0.15, 0.2) is 48.5 Å². The van der Waals surface area contributed by atoms with Gasteiger partial charge >= 0.3 is 0 Å². The molecule has 0 heterocycles. The fraction of sp³-hybridized carbons (Fsp3) is 0.235. The van der Waals surface area contributed by atoms with E-state index in [1.807, 2.05) is 49.1 Å². The van der Waals surface area contributed by atoms with Gasteiger partial charge in [-0.1, -0.05) is 25.1 Å². The maximum absolute atomic E-state index is 13.4. The first-order valence-corrected chi connectivity index (χ1v) is 6.82. The molecular weight excluding hydrogens is 253 g/mol. The van der Waals surface area contributed by atoms with Gasteiger partial charge in [-0.3, -0.25) is 4.79 Å². The summed E-state index contributed by atoms with van der Waals surface area (Å²) in [6, 6.07) is 13.9. The molecule has 0 fully saturated rings. The van der Waals surface area contributed by atoms with Crippen LogP contribution in [-0.2, 0) is 0 Å². The van der Waals surface area contributed by atoms with Crippen molar-refractivity contribution in [2.75, 3.05) is 11.4 Å². The van der Waals surface area contributed by atoms with Crippen molar-refractivity contribution >= 4 is 17.2 Å². The van der Waals surface area contributed by atoms with Crippen LogP contribution >= 0.6 is 0 Å². The third-order valence-corrected chi connectivity index (χ3v) is 3.25. The molecular formula is C17H18FNO. The molecule has 0 amide bonds. The Balaban J connectivity index is 2.50. The van der Waals surface area contributed by atoms with Gasteiger partial charge in [0.15, 0.2) is 5.78 Å². The van der Waals surface area contributed by atoms with E-state index >= 15 is 0 Å². The van der Waals surface area contributed by atoms with Crippen LogP contribution in [0.4, 0.5) is 15.8 Å². The van der Waals surface area contributed by atoms with Crippen molar-refractivity contribution in [1.29, 1.82) is 0 Å². The lowest BCUT2D eigenvalue weighted by Crippen LogP contribution is -2.19. The summed E-state index contributed by atoms with van der Waals surface area (Å²) >= 11 is 0. The third-order valence-electron chi connectivity index (χ3n) is 3.25. The average Bonchev–Trinajstić information content (AvgIpc) is 2.48. The van der Waals surface area contributed by atoms with Gasteiger partial charge in [-0.15, -0.1) is 0 Å². The summed E-state index contributed by atoms with van der Waals surface area (Å²) in [7, 11) is 0. The van der Waals surface area contributed by atoms with Crippen LogP contribution in [0.25, 0.3) is 0 Å². The van der Waals surface area contributed by atoms with Crippen LogP contribution in [-0.4, -0.2) is 12.3 Å². The van der Waals surface area contributed by atoms with Crippen LogP contribution in [0.2, 0.25) is 0 Å². The highest BCUT2D eigenvalue weighted by Crippen LogP contribution is 2.29. The van der Waals surface area contributed by atoms with Gasteiger partial charge in [0, 0.05) is 24.2 Å². The Morgan fingerprint density at radius 2 is 1.85 bits per heavy atom. The van der Waals surface area contributed by atoms with E-state index in [0.29, 0.717) is 18.5 Å². The molecule has 104 valence electrons. The number of anilines is 2. The fourth-order valence-corrected chi connectivity index (χ4v) is 2.27. The molecule has 0 N–H and O–H groups in total. The number of carbonyl (C=O) groups excluding carboxylic acids is 1. The van der Waals surface area contributed by atoms with Gasteiger partial charge in [-0.05, 0) is 37.3 Å². The summed E-state index contributed by atoms with van der Waals surface area (Å²) in [6.45, 7) is 4.49. The highest BCUT2D eigenvalue weighted by Gasteiger charge is 2.15. The Bertz CT molecular complexity index is 609. The Hall–Kier alpha value is -2.16. The molecule has 2 nitrogen and oxygen atoms in total. The topological polar surface area (TPSA) is 20.3 Å². The molecule has 0 atom stereocenters. The van der Waals surface area contributed by atoms with Crippen LogP contribution in [0.1, 0.15) is 30.6 Å². The maximum atomic E-state index is 13.4. The van der Waals surface area contributed by atoms with Gasteiger partial charge in [-0.2, -0.15) is 0 Å². The molecule has 0 aliphatic heterocycles. The summed E-state index contributed by atoms with van der Waals surface area (Å²) in [5.74, 6) is -0.185. The molecule has 0 aliphatic carbocycles. The van der Waals surface area contributed by atoms with E-state index in [0.717, 1.165) is 11.4 Å². The Labute approximate surface area is 118 Å². The number of ketones is 1. The van der Waals surface area contributed by atoms with Crippen LogP contribution in [0.3, 0.4) is 0 Å². The molecule has 3 heteroatoms. The van der Waals surface area contributed by atoms with Gasteiger partial charge in [0.25, 0.3) is 0 Å². The van der Waals surface area contributed by atoms with Crippen molar-refractivity contribution in [3.63, 3.8) is 0 Å². The van der Waals surface area contributed by atoms with Crippen molar-refractivity contribution in [2.45, 2.75) is 20.3 Å². The van der Waals surface area contributed by atoms with Gasteiger partial charge in [0.1, 0.15) is 5.82 Å². The first-order valence-electron chi connectivity index (χ1n) is 6.82. The second kappa shape index (κ2) is 6.33. The molecule has 0 bridgehead atoms. The number of para-hydroxylation sites is 1. The van der Waals surface area contributed by atoms with Crippen LogP contribution < -0.4 is 4.90 Å². The molecule has 0 aliphatic rings. The zero-order valence-electron chi connectivity index (χ0n) is 11.8. The van der Waals surface area contributed by atoms with Crippen molar-refractivity contribution in [2.24, 2.45) is 0 Å². The van der Waals surface area contributed by atoms with Crippen molar-refractivity contribution < 1.29 is 9.18 Å². The molecule has 2 rings (SSSR count). The van der Waals surface area contributed by atoms with E-state index in [-0.39, 0.29) is 11.6 Å². The van der Waals surface area contributed by atoms with Gasteiger partial charge in [-0.25, -0.2) is 4.39 Å². The number of benzene rings is 2. The number of carbonyl (C=O) groups is 1. The number of hydrogen-bond donors (Lipinski definition) is 0. The van der Waals surface area contributed by atoms with E-state index in [4.69, 9.17) is 0 Å². The molecule has 0 spiro atoms. The van der Waals surface area contributed by atoms with Gasteiger partial charge in [0.2, 0.25) is 0 Å². The lowest BCUT2D eigenvalue weighted by molar-refractivity contribution is 0.0988. The predicted octanol–water partition coefficient (Wildman–Crippen LogP) is 4.58. The van der Waals surface area contributed by atoms with Crippen LogP contribution in [0, 0.1) is 5.82 Å². The normalized spacial score (nSPS) is 10.3. The minimum atomic E-state index is -0.278. The molecule has 20 heavy (non-hydrogen) atoms. The lowest BCUT2D eigenvalue weighted by atomic mass is 10.1. The highest BCUT2D eigenvalue weighted by atomic mass is 19.1. The second-order valence-electron chi connectivity index (χ2n) is 4.52. The van der Waals surface area contributed by atoms with E-state index in [9.17, 15) is 9.18 Å². The second-order valence-corrected chi connectivity index (χ2v) is 4.52. The van der Waals surface area contributed by atoms with E-state index < -0.39 is 0 Å². The number of halogens is 1. The third kappa shape index (κ3) is 2.87. The highest BCUT2D eigenvalue weighted by molar-refractivity contribution is 6.01. The monoisotopic (exact) mass is 271 g/mol. The Morgan fingerprint density at radius 1 is 1.10 bits per heavy atom. The lowest BCUT2D eigenvalue weighted by Gasteiger charge is -2.25. The molecule has 0 radical (unpaired) electrons. The summed E-state index contributed by atoms with van der Waals surface area (Å²) in [4.78, 5) is 14.0. The minimum absolute atomic E-state index is 0.0930. The largest absolute Gasteiger partial charge is 0.341 e. The summed E-state index contributed by atoms with van der Waals surface area (Å²) in [5.41, 5.74) is 2.26. The molecule has 0 saturated carbocycles. The van der Waals surface area contributed by atoms with Crippen molar-refractivity contribution in [3.05, 3.63) is 59.9 Å². The number of Topliss-reactive ketones (excluding diaryl/α,β-unsaturated/α-hetero) is 1. The van der Waals surface area contributed by atoms with Crippen LogP contribution in [0.5, 0.6) is 0 Å². The fourth-order valence-electron chi connectivity index (χ4n) is 2.27. The van der Waals surface area contributed by atoms with E-state index in [1.54, 1.807) is 6.07 Å². The summed E-state index contributed by atoms with van der Waals surface area (Å²) in [5, 5.41) is 0. The zero-order chi connectivity index (χ0) is 14.5. The maximum Gasteiger partial charge on any atom is 0.164 e. The minimum Gasteiger partial charge on any atom is -0.341 e. The molecule has 0 saturated heterocycles. The Kier molecular flexibility index (Phi) is 4.51. The molecule has 2 aromatic rings. The quantitative estimate of drug-likeness (QED) is 0.742. The average molecular weight is 271 g/mol. The predicted molar refractivity (Wildman–Crippen MR) is 80.1 cm³/mol. The van der Waals surface area contributed by atoms with Crippen molar-refractivity contribution in [1.82, 2.24) is 0 Å².